The minimum absolute atomic E-state index is 0.155. The maximum absolute atomic E-state index is 9.27. The summed E-state index contributed by atoms with van der Waals surface area (Å²) in [7, 11) is 0. The van der Waals surface area contributed by atoms with E-state index in [2.05, 4.69) is 24.0 Å². The lowest BCUT2D eigenvalue weighted by Crippen LogP contribution is -2.38. The van der Waals surface area contributed by atoms with Crippen LogP contribution in [0.1, 0.15) is 12.5 Å². The third-order valence-corrected chi connectivity index (χ3v) is 3.47. The molecule has 112 valence electrons. The minimum atomic E-state index is 0.155. The minimum Gasteiger partial charge on any atom is -0.492 e. The van der Waals surface area contributed by atoms with Crippen molar-refractivity contribution < 1.29 is 9.84 Å². The van der Waals surface area contributed by atoms with Gasteiger partial charge in [0.1, 0.15) is 12.4 Å². The zero-order chi connectivity index (χ0) is 14.9. The van der Waals surface area contributed by atoms with Gasteiger partial charge < -0.3 is 9.84 Å². The smallest absolute Gasteiger partial charge is 0.119 e. The highest BCUT2D eigenvalue weighted by Crippen LogP contribution is 2.12. The molecule has 3 heteroatoms. The van der Waals surface area contributed by atoms with Crippen LogP contribution in [0.25, 0.3) is 0 Å². The number of aliphatic hydroxyl groups excluding tert-OH is 1. The quantitative estimate of drug-likeness (QED) is 0.809. The molecule has 0 aliphatic carbocycles. The van der Waals surface area contributed by atoms with Gasteiger partial charge in [-0.3, -0.25) is 4.90 Å². The molecular formula is C18H23NO2. The van der Waals surface area contributed by atoms with Crippen LogP contribution in [0, 0.1) is 0 Å². The van der Waals surface area contributed by atoms with Gasteiger partial charge in [0.2, 0.25) is 0 Å². The molecule has 0 saturated carbocycles. The van der Waals surface area contributed by atoms with Crippen LogP contribution in [-0.2, 0) is 6.54 Å². The van der Waals surface area contributed by atoms with Crippen molar-refractivity contribution in [3.8, 4) is 5.75 Å². The van der Waals surface area contributed by atoms with Crippen LogP contribution in [0.2, 0.25) is 0 Å². The number of rotatable bonds is 8. The molecule has 0 unspecified atom stereocenters. The second-order valence-electron chi connectivity index (χ2n) is 5.15. The average Bonchev–Trinajstić information content (AvgIpc) is 2.54. The fourth-order valence-corrected chi connectivity index (χ4v) is 2.24. The fraction of sp³-hybridized carbons (Fsp3) is 0.333. The molecule has 0 saturated heterocycles. The standard InChI is InChI=1S/C18H23NO2/c1-16(15-21-18-10-6-3-7-11-18)19(12-13-20)14-17-8-4-2-5-9-17/h2-11,16,20H,12-15H2,1H3/t16-/m1/s1. The van der Waals surface area contributed by atoms with Crippen LogP contribution in [0.5, 0.6) is 5.75 Å². The van der Waals surface area contributed by atoms with Crippen LogP contribution in [0.4, 0.5) is 0 Å². The first kappa shape index (κ1) is 15.5. The number of hydrogen-bond donors (Lipinski definition) is 1. The van der Waals surface area contributed by atoms with Crippen molar-refractivity contribution in [2.24, 2.45) is 0 Å². The Bertz CT molecular complexity index is 501. The molecule has 0 amide bonds. The Kier molecular flexibility index (Phi) is 6.25. The van der Waals surface area contributed by atoms with E-state index < -0.39 is 0 Å². The van der Waals surface area contributed by atoms with Crippen molar-refractivity contribution in [1.29, 1.82) is 0 Å². The first-order chi connectivity index (χ1) is 10.3. The summed E-state index contributed by atoms with van der Waals surface area (Å²) in [6.45, 7) is 4.36. The lowest BCUT2D eigenvalue weighted by atomic mass is 10.2. The maximum Gasteiger partial charge on any atom is 0.119 e. The van der Waals surface area contributed by atoms with Crippen LogP contribution < -0.4 is 4.74 Å². The third-order valence-electron chi connectivity index (χ3n) is 3.47. The van der Waals surface area contributed by atoms with Crippen molar-refractivity contribution >= 4 is 0 Å². The summed E-state index contributed by atoms with van der Waals surface area (Å²) in [6, 6.07) is 20.4. The lowest BCUT2D eigenvalue weighted by molar-refractivity contribution is 0.114. The van der Waals surface area contributed by atoms with Crippen molar-refractivity contribution in [2.75, 3.05) is 19.8 Å². The number of hydrogen-bond acceptors (Lipinski definition) is 3. The number of aliphatic hydroxyl groups is 1. The normalized spacial score (nSPS) is 12.3. The summed E-state index contributed by atoms with van der Waals surface area (Å²) >= 11 is 0. The van der Waals surface area contributed by atoms with Gasteiger partial charge in [0.05, 0.1) is 6.61 Å². The van der Waals surface area contributed by atoms with Crippen LogP contribution in [-0.4, -0.2) is 35.8 Å². The fourth-order valence-electron chi connectivity index (χ4n) is 2.24. The van der Waals surface area contributed by atoms with E-state index in [0.29, 0.717) is 13.2 Å². The molecule has 2 aromatic rings. The zero-order valence-electron chi connectivity index (χ0n) is 12.5. The predicted molar refractivity (Wildman–Crippen MR) is 85.3 cm³/mol. The Morgan fingerprint density at radius 1 is 1.00 bits per heavy atom. The summed E-state index contributed by atoms with van der Waals surface area (Å²) in [5, 5.41) is 9.27. The van der Waals surface area contributed by atoms with Crippen LogP contribution >= 0.6 is 0 Å². The molecule has 21 heavy (non-hydrogen) atoms. The molecule has 2 rings (SSSR count). The molecular weight excluding hydrogens is 262 g/mol. The second kappa shape index (κ2) is 8.45. The zero-order valence-corrected chi connectivity index (χ0v) is 12.5. The van der Waals surface area contributed by atoms with E-state index >= 15 is 0 Å². The van der Waals surface area contributed by atoms with Gasteiger partial charge in [-0.05, 0) is 24.6 Å². The average molecular weight is 285 g/mol. The predicted octanol–water partition coefficient (Wildman–Crippen LogP) is 2.95. The van der Waals surface area contributed by atoms with Crippen molar-refractivity contribution in [3.63, 3.8) is 0 Å². The summed E-state index contributed by atoms with van der Waals surface area (Å²) < 4.78 is 5.81. The largest absolute Gasteiger partial charge is 0.492 e. The molecule has 0 aliphatic heterocycles. The highest BCUT2D eigenvalue weighted by Gasteiger charge is 2.14. The monoisotopic (exact) mass is 285 g/mol. The van der Waals surface area contributed by atoms with Gasteiger partial charge in [0, 0.05) is 19.1 Å². The van der Waals surface area contributed by atoms with Gasteiger partial charge >= 0.3 is 0 Å². The molecule has 3 nitrogen and oxygen atoms in total. The molecule has 0 radical (unpaired) electrons. The molecule has 0 aliphatic rings. The molecule has 0 fully saturated rings. The lowest BCUT2D eigenvalue weighted by Gasteiger charge is -2.28. The Labute approximate surface area is 126 Å². The van der Waals surface area contributed by atoms with E-state index in [1.807, 2.05) is 48.5 Å². The van der Waals surface area contributed by atoms with E-state index in [-0.39, 0.29) is 12.6 Å². The molecule has 2 aromatic carbocycles. The Morgan fingerprint density at radius 2 is 1.62 bits per heavy atom. The molecule has 0 spiro atoms. The van der Waals surface area contributed by atoms with E-state index in [1.54, 1.807) is 0 Å². The first-order valence-electron chi connectivity index (χ1n) is 7.36. The van der Waals surface area contributed by atoms with E-state index in [1.165, 1.54) is 5.56 Å². The van der Waals surface area contributed by atoms with E-state index in [0.717, 1.165) is 12.3 Å². The molecule has 0 heterocycles. The molecule has 1 N–H and O–H groups in total. The maximum atomic E-state index is 9.27. The Morgan fingerprint density at radius 3 is 2.24 bits per heavy atom. The number of ether oxygens (including phenoxy) is 1. The summed E-state index contributed by atoms with van der Waals surface area (Å²) in [4.78, 5) is 2.23. The number of benzene rings is 2. The Balaban J connectivity index is 1.90. The summed E-state index contributed by atoms with van der Waals surface area (Å²) in [5.41, 5.74) is 1.25. The highest BCUT2D eigenvalue weighted by molar-refractivity contribution is 5.21. The van der Waals surface area contributed by atoms with Crippen molar-refractivity contribution in [3.05, 3.63) is 66.2 Å². The van der Waals surface area contributed by atoms with Crippen molar-refractivity contribution in [1.82, 2.24) is 4.90 Å². The molecule has 0 bridgehead atoms. The first-order valence-corrected chi connectivity index (χ1v) is 7.36. The number of para-hydroxylation sites is 1. The van der Waals surface area contributed by atoms with Gasteiger partial charge in [-0.15, -0.1) is 0 Å². The van der Waals surface area contributed by atoms with Crippen LogP contribution in [0.15, 0.2) is 60.7 Å². The molecule has 1 atom stereocenters. The number of nitrogens with zero attached hydrogens (tertiary/aromatic N) is 1. The van der Waals surface area contributed by atoms with Gasteiger partial charge in [0.25, 0.3) is 0 Å². The van der Waals surface area contributed by atoms with Crippen LogP contribution in [0.3, 0.4) is 0 Å². The van der Waals surface area contributed by atoms with Gasteiger partial charge in [-0.25, -0.2) is 0 Å². The third kappa shape index (κ3) is 5.21. The SMILES string of the molecule is C[C@H](COc1ccccc1)N(CCO)Cc1ccccc1. The van der Waals surface area contributed by atoms with Gasteiger partial charge in [-0.2, -0.15) is 0 Å². The topological polar surface area (TPSA) is 32.7 Å². The van der Waals surface area contributed by atoms with Crippen molar-refractivity contribution in [2.45, 2.75) is 19.5 Å². The summed E-state index contributed by atoms with van der Waals surface area (Å²) in [6.07, 6.45) is 0. The van der Waals surface area contributed by atoms with Gasteiger partial charge in [-0.1, -0.05) is 48.5 Å². The summed E-state index contributed by atoms with van der Waals surface area (Å²) in [5.74, 6) is 0.882. The van der Waals surface area contributed by atoms with E-state index in [9.17, 15) is 5.11 Å². The van der Waals surface area contributed by atoms with Gasteiger partial charge in [0.15, 0.2) is 0 Å². The molecule has 0 aromatic heterocycles. The highest BCUT2D eigenvalue weighted by atomic mass is 16.5. The van der Waals surface area contributed by atoms with E-state index in [4.69, 9.17) is 4.74 Å². The second-order valence-corrected chi connectivity index (χ2v) is 5.15. The Hall–Kier alpha value is -1.84.